The lowest BCUT2D eigenvalue weighted by Crippen LogP contribution is -2.53. The van der Waals surface area contributed by atoms with Gasteiger partial charge in [-0.2, -0.15) is 0 Å². The molecule has 0 saturated carbocycles. The lowest BCUT2D eigenvalue weighted by Gasteiger charge is -2.43. The fraction of sp³-hybridized carbons (Fsp3) is 0.500. The van der Waals surface area contributed by atoms with E-state index in [9.17, 15) is 0 Å². The van der Waals surface area contributed by atoms with Gasteiger partial charge in [0.05, 0.1) is 17.6 Å². The van der Waals surface area contributed by atoms with Gasteiger partial charge >= 0.3 is 0 Å². The van der Waals surface area contributed by atoms with Crippen molar-refractivity contribution >= 4 is 23.1 Å². The molecule has 2 aromatic heterocycles. The minimum atomic E-state index is -0.194. The van der Waals surface area contributed by atoms with Gasteiger partial charge in [0, 0.05) is 25.5 Å². The number of hydrogen-bond donors (Lipinski definition) is 0. The lowest BCUT2D eigenvalue weighted by molar-refractivity contribution is -0.0736. The highest BCUT2D eigenvalue weighted by Gasteiger charge is 2.33. The maximum absolute atomic E-state index is 5.99. The van der Waals surface area contributed by atoms with Crippen LogP contribution in [-0.2, 0) is 4.74 Å². The van der Waals surface area contributed by atoms with Gasteiger partial charge in [-0.05, 0) is 26.0 Å². The average Bonchev–Trinajstić information content (AvgIpc) is 2.84. The molecular weight excluding hydrogens is 262 g/mol. The number of fused-ring (bicyclic) bond motifs is 1. The van der Waals surface area contributed by atoms with Crippen molar-refractivity contribution in [2.45, 2.75) is 25.6 Å². The average molecular weight is 280 g/mol. The summed E-state index contributed by atoms with van der Waals surface area (Å²) < 4.78 is 8.07. The summed E-state index contributed by atoms with van der Waals surface area (Å²) in [6.45, 7) is 5.86. The molecule has 1 aliphatic heterocycles. The number of rotatable bonds is 2. The van der Waals surface area contributed by atoms with E-state index in [0.29, 0.717) is 5.88 Å². The Morgan fingerprint density at radius 2 is 2.32 bits per heavy atom. The molecule has 102 valence electrons. The number of halogens is 1. The number of imidazole rings is 1. The third-order valence-electron chi connectivity index (χ3n) is 3.38. The molecule has 1 saturated heterocycles. The quantitative estimate of drug-likeness (QED) is 0.792. The Bertz CT molecular complexity index is 581. The highest BCUT2D eigenvalue weighted by molar-refractivity contribution is 6.18. The molecule has 1 unspecified atom stereocenters. The number of pyridine rings is 1. The molecule has 3 rings (SSSR count). The van der Waals surface area contributed by atoms with E-state index in [4.69, 9.17) is 16.3 Å². The molecule has 0 radical (unpaired) electrons. The Labute approximate surface area is 117 Å². The molecule has 1 atom stereocenters. The highest BCUT2D eigenvalue weighted by atomic mass is 35.5. The minimum absolute atomic E-state index is 0.0594. The number of hydrogen-bond acceptors (Lipinski definition) is 3. The van der Waals surface area contributed by atoms with Gasteiger partial charge < -0.3 is 9.64 Å². The molecule has 1 fully saturated rings. The van der Waals surface area contributed by atoms with Crippen LogP contribution in [0.1, 0.15) is 13.8 Å². The number of aromatic nitrogens is 2. The van der Waals surface area contributed by atoms with Crippen LogP contribution in [-0.4, -0.2) is 40.1 Å². The second-order valence-corrected chi connectivity index (χ2v) is 5.88. The van der Waals surface area contributed by atoms with E-state index in [1.54, 1.807) is 0 Å². The van der Waals surface area contributed by atoms with Crippen LogP contribution in [0.3, 0.4) is 0 Å². The van der Waals surface area contributed by atoms with Gasteiger partial charge in [-0.3, -0.25) is 4.40 Å². The molecule has 0 aliphatic carbocycles. The van der Waals surface area contributed by atoms with E-state index in [-0.39, 0.29) is 11.7 Å². The second-order valence-electron chi connectivity index (χ2n) is 5.57. The van der Waals surface area contributed by atoms with Crippen LogP contribution < -0.4 is 4.90 Å². The Morgan fingerprint density at radius 1 is 1.47 bits per heavy atom. The molecule has 0 aromatic carbocycles. The first-order valence-corrected chi connectivity index (χ1v) is 7.03. The number of alkyl halides is 1. The van der Waals surface area contributed by atoms with Gasteiger partial charge in [0.2, 0.25) is 0 Å². The third-order valence-corrected chi connectivity index (χ3v) is 3.73. The van der Waals surface area contributed by atoms with Gasteiger partial charge in [-0.15, -0.1) is 11.6 Å². The van der Waals surface area contributed by atoms with Crippen molar-refractivity contribution in [3.05, 3.63) is 30.6 Å². The zero-order valence-corrected chi connectivity index (χ0v) is 12.0. The Kier molecular flexibility index (Phi) is 3.15. The molecule has 0 N–H and O–H groups in total. The molecule has 3 heterocycles. The zero-order valence-electron chi connectivity index (χ0n) is 11.2. The van der Waals surface area contributed by atoms with Crippen LogP contribution in [0.4, 0.5) is 5.82 Å². The summed E-state index contributed by atoms with van der Waals surface area (Å²) in [5.74, 6) is 1.65. The smallest absolute Gasteiger partial charge is 0.138 e. The number of anilines is 1. The van der Waals surface area contributed by atoms with Gasteiger partial charge in [0.1, 0.15) is 11.5 Å². The maximum atomic E-state index is 5.99. The molecule has 5 heteroatoms. The van der Waals surface area contributed by atoms with Crippen LogP contribution in [0.25, 0.3) is 5.65 Å². The summed E-state index contributed by atoms with van der Waals surface area (Å²) in [5.41, 5.74) is 0.768. The summed E-state index contributed by atoms with van der Waals surface area (Å²) in [5, 5.41) is 0. The van der Waals surface area contributed by atoms with Crippen molar-refractivity contribution < 1.29 is 4.74 Å². The first-order valence-electron chi connectivity index (χ1n) is 6.50. The van der Waals surface area contributed by atoms with Gasteiger partial charge in [0.15, 0.2) is 0 Å². The van der Waals surface area contributed by atoms with Crippen molar-refractivity contribution in [3.63, 3.8) is 0 Å². The van der Waals surface area contributed by atoms with Crippen LogP contribution in [0.15, 0.2) is 30.6 Å². The first-order chi connectivity index (χ1) is 9.09. The van der Waals surface area contributed by atoms with E-state index in [2.05, 4.69) is 34.2 Å². The Hall–Kier alpha value is -1.26. The maximum Gasteiger partial charge on any atom is 0.138 e. The molecule has 0 spiro atoms. The lowest BCUT2D eigenvalue weighted by atomic mass is 10.1. The fourth-order valence-corrected chi connectivity index (χ4v) is 2.90. The number of ether oxygens (including phenoxy) is 1. The monoisotopic (exact) mass is 279 g/mol. The van der Waals surface area contributed by atoms with Crippen molar-refractivity contribution in [1.29, 1.82) is 0 Å². The highest BCUT2D eigenvalue weighted by Crippen LogP contribution is 2.26. The van der Waals surface area contributed by atoms with E-state index in [1.165, 1.54) is 0 Å². The van der Waals surface area contributed by atoms with Crippen molar-refractivity contribution in [2.75, 3.05) is 23.9 Å². The van der Waals surface area contributed by atoms with E-state index >= 15 is 0 Å². The molecule has 1 aliphatic rings. The van der Waals surface area contributed by atoms with Crippen LogP contribution in [0, 0.1) is 0 Å². The third kappa shape index (κ3) is 2.42. The Morgan fingerprint density at radius 3 is 3.11 bits per heavy atom. The normalized spacial score (nSPS) is 22.9. The van der Waals surface area contributed by atoms with Crippen molar-refractivity contribution in [1.82, 2.24) is 9.38 Å². The summed E-state index contributed by atoms with van der Waals surface area (Å²) >= 11 is 5.99. The predicted octanol–water partition coefficient (Wildman–Crippen LogP) is 2.56. The number of nitrogens with zero attached hydrogens (tertiary/aromatic N) is 3. The molecule has 4 nitrogen and oxygen atoms in total. The van der Waals surface area contributed by atoms with Crippen LogP contribution >= 0.6 is 11.6 Å². The first kappa shape index (κ1) is 12.8. The van der Waals surface area contributed by atoms with Crippen molar-refractivity contribution in [2.24, 2.45) is 0 Å². The standard InChI is InChI=1S/C14H18ClN3O/c1-14(2)10-17(9-11(8-15)19-14)13-5-3-4-12-16-6-7-18(12)13/h3-7,11H,8-10H2,1-2H3. The molecule has 19 heavy (non-hydrogen) atoms. The SMILES string of the molecule is CC1(C)CN(c2cccc3nccn23)CC(CCl)O1. The van der Waals surface area contributed by atoms with Gasteiger partial charge in [-0.25, -0.2) is 4.98 Å². The van der Waals surface area contributed by atoms with Gasteiger partial charge in [0.25, 0.3) is 0 Å². The van der Waals surface area contributed by atoms with Crippen molar-refractivity contribution in [3.8, 4) is 0 Å². The van der Waals surface area contributed by atoms with E-state index < -0.39 is 0 Å². The topological polar surface area (TPSA) is 29.8 Å². The van der Waals surface area contributed by atoms with Gasteiger partial charge in [-0.1, -0.05) is 6.07 Å². The summed E-state index contributed by atoms with van der Waals surface area (Å²) in [4.78, 5) is 6.65. The second kappa shape index (κ2) is 4.69. The molecular formula is C14H18ClN3O. The molecule has 2 aromatic rings. The summed E-state index contributed by atoms with van der Waals surface area (Å²) in [6.07, 6.45) is 3.87. The molecule has 0 bridgehead atoms. The zero-order chi connectivity index (χ0) is 13.5. The van der Waals surface area contributed by atoms with E-state index in [1.807, 2.05) is 24.5 Å². The van der Waals surface area contributed by atoms with Crippen LogP contribution in [0.2, 0.25) is 0 Å². The van der Waals surface area contributed by atoms with E-state index in [0.717, 1.165) is 24.6 Å². The van der Waals surface area contributed by atoms with Crippen LogP contribution in [0.5, 0.6) is 0 Å². The minimum Gasteiger partial charge on any atom is -0.367 e. The predicted molar refractivity (Wildman–Crippen MR) is 77.1 cm³/mol. The number of morpholine rings is 1. The summed E-state index contributed by atoms with van der Waals surface area (Å²) in [7, 11) is 0. The Balaban J connectivity index is 1.98. The largest absolute Gasteiger partial charge is 0.367 e. The summed E-state index contributed by atoms with van der Waals surface area (Å²) in [6, 6.07) is 6.16. The fourth-order valence-electron chi connectivity index (χ4n) is 2.74. The molecule has 0 amide bonds.